The number of benzene rings is 2. The number of piperidine rings is 1. The minimum absolute atomic E-state index is 0.0602. The van der Waals surface area contributed by atoms with E-state index in [-0.39, 0.29) is 24.0 Å². The number of nitrogens with zero attached hydrogens (tertiary/aromatic N) is 1. The summed E-state index contributed by atoms with van der Waals surface area (Å²) in [7, 11) is 1.39. The summed E-state index contributed by atoms with van der Waals surface area (Å²) in [6.07, 6.45) is 3.49. The van der Waals surface area contributed by atoms with E-state index < -0.39 is 5.41 Å². The average Bonchev–Trinajstić information content (AvgIpc) is 2.87. The summed E-state index contributed by atoms with van der Waals surface area (Å²) >= 11 is 0. The number of ketones is 1. The van der Waals surface area contributed by atoms with Crippen molar-refractivity contribution in [3.8, 4) is 0 Å². The zero-order valence-corrected chi connectivity index (χ0v) is 21.6. The second-order valence-electron chi connectivity index (χ2n) is 10.0. The van der Waals surface area contributed by atoms with Crippen LogP contribution in [0, 0.1) is 0 Å². The van der Waals surface area contributed by atoms with Crippen LogP contribution in [-0.2, 0) is 19.7 Å². The Morgan fingerprint density at radius 3 is 2.26 bits per heavy atom. The summed E-state index contributed by atoms with van der Waals surface area (Å²) in [5.41, 5.74) is 2.97. The van der Waals surface area contributed by atoms with Crippen LogP contribution in [0.3, 0.4) is 0 Å². The highest BCUT2D eigenvalue weighted by molar-refractivity contribution is 5.96. The molecule has 0 amide bonds. The molecule has 1 saturated heterocycles. The van der Waals surface area contributed by atoms with E-state index in [9.17, 15) is 9.59 Å². The van der Waals surface area contributed by atoms with E-state index in [0.29, 0.717) is 12.0 Å². The Morgan fingerprint density at radius 1 is 1.06 bits per heavy atom. The summed E-state index contributed by atoms with van der Waals surface area (Å²) in [6, 6.07) is 17.6. The lowest BCUT2D eigenvalue weighted by Gasteiger charge is -2.34. The molecule has 1 fully saturated rings. The fourth-order valence-corrected chi connectivity index (χ4v) is 4.62. The first-order valence-electron chi connectivity index (χ1n) is 12.5. The minimum atomic E-state index is -0.738. The molecule has 0 aliphatic carbocycles. The number of hydrogen-bond donors (Lipinski definition) is 0. The Bertz CT molecular complexity index is 989. The maximum atomic E-state index is 12.7. The normalized spacial score (nSPS) is 16.0. The molecular formula is C30H39NO4. The average molecular weight is 478 g/mol. The standard InChI is InChI=1S/C30H39NO4/c1-22(2)28(24-10-7-6-8-11-24)35-26-17-20-31(21-18-26)19-9-12-27(32)23-13-15-25(16-14-23)30(3,4)29(33)34-5/h6-8,10-11,13-16,26,28H,1,9,12,17-21H2,2-5H3. The number of hydrogen-bond acceptors (Lipinski definition) is 5. The van der Waals surface area contributed by atoms with Crippen LogP contribution in [0.4, 0.5) is 0 Å². The molecule has 1 unspecified atom stereocenters. The summed E-state index contributed by atoms with van der Waals surface area (Å²) in [6.45, 7) is 12.7. The second-order valence-corrected chi connectivity index (χ2v) is 10.0. The highest BCUT2D eigenvalue weighted by atomic mass is 16.5. The number of ether oxygens (including phenoxy) is 2. The first-order valence-corrected chi connectivity index (χ1v) is 12.5. The molecular weight excluding hydrogens is 438 g/mol. The predicted molar refractivity (Wildman–Crippen MR) is 140 cm³/mol. The summed E-state index contributed by atoms with van der Waals surface area (Å²) in [5, 5.41) is 0. The second kappa shape index (κ2) is 12.3. The van der Waals surface area contributed by atoms with Gasteiger partial charge in [-0.25, -0.2) is 0 Å². The van der Waals surface area contributed by atoms with Crippen molar-refractivity contribution in [1.29, 1.82) is 0 Å². The first-order chi connectivity index (χ1) is 16.7. The number of likely N-dealkylation sites (tertiary alicyclic amines) is 1. The Morgan fingerprint density at radius 2 is 1.69 bits per heavy atom. The number of methoxy groups -OCH3 is 1. The Balaban J connectivity index is 1.42. The third kappa shape index (κ3) is 7.12. The van der Waals surface area contributed by atoms with Crippen LogP contribution >= 0.6 is 0 Å². The lowest BCUT2D eigenvalue weighted by Crippen LogP contribution is -2.38. The third-order valence-corrected chi connectivity index (χ3v) is 6.92. The minimum Gasteiger partial charge on any atom is -0.468 e. The van der Waals surface area contributed by atoms with E-state index in [4.69, 9.17) is 9.47 Å². The van der Waals surface area contributed by atoms with Gasteiger partial charge in [0.2, 0.25) is 0 Å². The van der Waals surface area contributed by atoms with Gasteiger partial charge in [0.15, 0.2) is 5.78 Å². The first kappa shape index (κ1) is 26.8. The lowest BCUT2D eigenvalue weighted by atomic mass is 9.84. The molecule has 2 aromatic carbocycles. The highest BCUT2D eigenvalue weighted by Gasteiger charge is 2.31. The largest absolute Gasteiger partial charge is 0.468 e. The number of carbonyl (C=O) groups excluding carboxylic acids is 2. The molecule has 1 aliphatic rings. The molecule has 0 radical (unpaired) electrons. The van der Waals surface area contributed by atoms with Crippen molar-refractivity contribution in [2.75, 3.05) is 26.7 Å². The fraction of sp³-hybridized carbons (Fsp3) is 0.467. The topological polar surface area (TPSA) is 55.8 Å². The number of rotatable bonds is 11. The maximum absolute atomic E-state index is 12.7. The lowest BCUT2D eigenvalue weighted by molar-refractivity contribution is -0.146. The Labute approximate surface area is 210 Å². The molecule has 1 atom stereocenters. The summed E-state index contributed by atoms with van der Waals surface area (Å²) in [5.74, 6) is -0.154. The van der Waals surface area contributed by atoms with Gasteiger partial charge >= 0.3 is 5.97 Å². The maximum Gasteiger partial charge on any atom is 0.315 e. The molecule has 0 spiro atoms. The van der Waals surface area contributed by atoms with Crippen molar-refractivity contribution >= 4 is 11.8 Å². The quantitative estimate of drug-likeness (QED) is 0.229. The van der Waals surface area contributed by atoms with Crippen LogP contribution in [0.15, 0.2) is 66.7 Å². The van der Waals surface area contributed by atoms with E-state index in [1.807, 2.05) is 63.2 Å². The van der Waals surface area contributed by atoms with Gasteiger partial charge < -0.3 is 14.4 Å². The molecule has 0 bridgehead atoms. The predicted octanol–water partition coefficient (Wildman–Crippen LogP) is 5.90. The Hall–Kier alpha value is -2.76. The van der Waals surface area contributed by atoms with Crippen LogP contribution < -0.4 is 0 Å². The van der Waals surface area contributed by atoms with Gasteiger partial charge in [0.1, 0.15) is 6.10 Å². The van der Waals surface area contributed by atoms with Crippen LogP contribution in [0.25, 0.3) is 0 Å². The zero-order valence-electron chi connectivity index (χ0n) is 21.6. The van der Waals surface area contributed by atoms with Crippen molar-refractivity contribution in [2.45, 2.75) is 64.1 Å². The van der Waals surface area contributed by atoms with Gasteiger partial charge in [-0.1, -0.05) is 61.2 Å². The molecule has 188 valence electrons. The van der Waals surface area contributed by atoms with Crippen LogP contribution in [-0.4, -0.2) is 49.5 Å². The zero-order chi connectivity index (χ0) is 25.4. The van der Waals surface area contributed by atoms with Gasteiger partial charge in [-0.3, -0.25) is 9.59 Å². The smallest absolute Gasteiger partial charge is 0.315 e. The number of carbonyl (C=O) groups is 2. The van der Waals surface area contributed by atoms with Crippen LogP contribution in [0.5, 0.6) is 0 Å². The number of esters is 1. The third-order valence-electron chi connectivity index (χ3n) is 6.92. The Kier molecular flexibility index (Phi) is 9.41. The molecule has 0 saturated carbocycles. The van der Waals surface area contributed by atoms with Crippen molar-refractivity contribution < 1.29 is 19.1 Å². The van der Waals surface area contributed by atoms with Gasteiger partial charge in [-0.15, -0.1) is 0 Å². The molecule has 2 aromatic rings. The summed E-state index contributed by atoms with van der Waals surface area (Å²) < 4.78 is 11.3. The van der Waals surface area contributed by atoms with Crippen molar-refractivity contribution in [3.63, 3.8) is 0 Å². The van der Waals surface area contributed by atoms with Gasteiger partial charge in [0.05, 0.1) is 18.6 Å². The monoisotopic (exact) mass is 477 g/mol. The highest BCUT2D eigenvalue weighted by Crippen LogP contribution is 2.29. The molecule has 1 aliphatic heterocycles. The molecule has 3 rings (SSSR count). The van der Waals surface area contributed by atoms with Crippen molar-refractivity contribution in [1.82, 2.24) is 4.90 Å². The van der Waals surface area contributed by atoms with Gasteiger partial charge in [0, 0.05) is 25.1 Å². The van der Waals surface area contributed by atoms with Gasteiger partial charge in [0.25, 0.3) is 0 Å². The molecule has 35 heavy (non-hydrogen) atoms. The van der Waals surface area contributed by atoms with E-state index in [0.717, 1.165) is 55.6 Å². The van der Waals surface area contributed by atoms with Gasteiger partial charge in [-0.2, -0.15) is 0 Å². The molecule has 1 heterocycles. The fourth-order valence-electron chi connectivity index (χ4n) is 4.62. The van der Waals surface area contributed by atoms with Crippen molar-refractivity contribution in [3.05, 3.63) is 83.4 Å². The molecule has 5 nitrogen and oxygen atoms in total. The van der Waals surface area contributed by atoms with Crippen LogP contribution in [0.1, 0.15) is 74.0 Å². The summed E-state index contributed by atoms with van der Waals surface area (Å²) in [4.78, 5) is 27.1. The van der Waals surface area contributed by atoms with E-state index >= 15 is 0 Å². The van der Waals surface area contributed by atoms with E-state index in [1.165, 1.54) is 7.11 Å². The SMILES string of the molecule is C=C(C)C(OC1CCN(CCCC(=O)c2ccc(C(C)(C)C(=O)OC)cc2)CC1)c1ccccc1. The molecule has 5 heteroatoms. The molecule has 0 aromatic heterocycles. The molecule has 0 N–H and O–H groups in total. The van der Waals surface area contributed by atoms with E-state index in [2.05, 4.69) is 23.6 Å². The van der Waals surface area contributed by atoms with E-state index in [1.54, 1.807) is 0 Å². The van der Waals surface area contributed by atoms with Gasteiger partial charge in [-0.05, 0) is 63.3 Å². The van der Waals surface area contributed by atoms with Crippen LogP contribution in [0.2, 0.25) is 0 Å². The van der Waals surface area contributed by atoms with Crippen molar-refractivity contribution in [2.24, 2.45) is 0 Å². The number of Topliss-reactive ketones (excluding diaryl/α,β-unsaturated/α-hetero) is 1.